The Labute approximate surface area is 185 Å². The van der Waals surface area contributed by atoms with E-state index in [1.807, 2.05) is 24.3 Å². The fourth-order valence-corrected chi connectivity index (χ4v) is 3.31. The molecule has 0 aliphatic carbocycles. The average Bonchev–Trinajstić information content (AvgIpc) is 3.21. The molecule has 1 aromatic carbocycles. The number of carbonyl (C=O) groups excluding carboxylic acids is 3. The number of aryl methyl sites for hydroxylation is 3. The summed E-state index contributed by atoms with van der Waals surface area (Å²) in [5.41, 5.74) is 1.81. The van der Waals surface area contributed by atoms with Crippen molar-refractivity contribution in [3.05, 3.63) is 64.3 Å². The summed E-state index contributed by atoms with van der Waals surface area (Å²) in [5.74, 6) is -1.96. The molecule has 9 heteroatoms. The van der Waals surface area contributed by atoms with Crippen LogP contribution in [0.15, 0.2) is 47.4 Å². The van der Waals surface area contributed by atoms with Gasteiger partial charge >= 0.3 is 5.97 Å². The largest absolute Gasteiger partial charge is 0.456 e. The van der Waals surface area contributed by atoms with E-state index >= 15 is 0 Å². The summed E-state index contributed by atoms with van der Waals surface area (Å²) in [7, 11) is 1.68. The SMILES string of the molecule is CCCCn1c(=O)c(CCC(=O)OCC(=O)NC(=O)c2cccn2C)nc2ccccc21. The molecule has 0 bridgehead atoms. The first kappa shape index (κ1) is 22.9. The van der Waals surface area contributed by atoms with E-state index in [4.69, 9.17) is 4.74 Å². The van der Waals surface area contributed by atoms with Gasteiger partial charge in [-0.2, -0.15) is 0 Å². The maximum Gasteiger partial charge on any atom is 0.306 e. The average molecular weight is 438 g/mol. The monoisotopic (exact) mass is 438 g/mol. The van der Waals surface area contributed by atoms with Gasteiger partial charge in [-0.05, 0) is 30.7 Å². The molecule has 1 N–H and O–H groups in total. The Kier molecular flexibility index (Phi) is 7.54. The summed E-state index contributed by atoms with van der Waals surface area (Å²) < 4.78 is 8.21. The van der Waals surface area contributed by atoms with E-state index in [0.29, 0.717) is 17.8 Å². The fourth-order valence-electron chi connectivity index (χ4n) is 3.31. The molecule has 3 aromatic rings. The molecule has 0 saturated heterocycles. The van der Waals surface area contributed by atoms with Gasteiger partial charge in [-0.1, -0.05) is 25.5 Å². The van der Waals surface area contributed by atoms with Gasteiger partial charge in [-0.25, -0.2) is 4.98 Å². The Morgan fingerprint density at radius 2 is 1.91 bits per heavy atom. The van der Waals surface area contributed by atoms with Crippen molar-refractivity contribution in [2.75, 3.05) is 6.61 Å². The lowest BCUT2D eigenvalue weighted by Gasteiger charge is -2.12. The first-order valence-corrected chi connectivity index (χ1v) is 10.5. The number of para-hydroxylation sites is 2. The van der Waals surface area contributed by atoms with Crippen molar-refractivity contribution in [3.63, 3.8) is 0 Å². The Balaban J connectivity index is 1.58. The van der Waals surface area contributed by atoms with E-state index in [1.165, 1.54) is 0 Å². The number of nitrogens with one attached hydrogen (secondary N) is 1. The molecule has 0 atom stereocenters. The molecule has 168 valence electrons. The molecule has 0 unspecified atom stereocenters. The van der Waals surface area contributed by atoms with E-state index < -0.39 is 24.4 Å². The number of unbranched alkanes of at least 4 members (excludes halogenated alkanes) is 1. The number of fused-ring (bicyclic) bond motifs is 1. The van der Waals surface area contributed by atoms with Crippen molar-refractivity contribution in [2.24, 2.45) is 7.05 Å². The summed E-state index contributed by atoms with van der Waals surface area (Å²) in [6.45, 7) is 2.04. The highest BCUT2D eigenvalue weighted by Gasteiger charge is 2.16. The van der Waals surface area contributed by atoms with Gasteiger partial charge < -0.3 is 13.9 Å². The number of carbonyl (C=O) groups is 3. The molecular weight excluding hydrogens is 412 g/mol. The zero-order valence-electron chi connectivity index (χ0n) is 18.2. The number of amides is 2. The number of esters is 1. The number of imide groups is 1. The number of aromatic nitrogens is 3. The van der Waals surface area contributed by atoms with E-state index in [2.05, 4.69) is 17.2 Å². The van der Waals surface area contributed by atoms with Crippen LogP contribution in [-0.4, -0.2) is 38.5 Å². The summed E-state index contributed by atoms with van der Waals surface area (Å²) in [6, 6.07) is 10.6. The smallest absolute Gasteiger partial charge is 0.306 e. The zero-order chi connectivity index (χ0) is 23.1. The molecular formula is C23H26N4O5. The molecule has 0 aliphatic rings. The van der Waals surface area contributed by atoms with Crippen LogP contribution in [0.25, 0.3) is 11.0 Å². The molecule has 0 aliphatic heterocycles. The number of hydrogen-bond donors (Lipinski definition) is 1. The Hall–Kier alpha value is -3.75. The lowest BCUT2D eigenvalue weighted by molar-refractivity contribution is -0.148. The summed E-state index contributed by atoms with van der Waals surface area (Å²) >= 11 is 0. The van der Waals surface area contributed by atoms with E-state index in [0.717, 1.165) is 18.4 Å². The Morgan fingerprint density at radius 3 is 2.62 bits per heavy atom. The van der Waals surface area contributed by atoms with E-state index in [9.17, 15) is 19.2 Å². The molecule has 0 spiro atoms. The highest BCUT2D eigenvalue weighted by atomic mass is 16.5. The molecule has 32 heavy (non-hydrogen) atoms. The second-order valence-electron chi connectivity index (χ2n) is 7.40. The van der Waals surface area contributed by atoms with Gasteiger partial charge in [0.1, 0.15) is 11.4 Å². The van der Waals surface area contributed by atoms with Crippen molar-refractivity contribution in [3.8, 4) is 0 Å². The topological polar surface area (TPSA) is 112 Å². The third-order valence-corrected chi connectivity index (χ3v) is 5.01. The molecule has 0 radical (unpaired) electrons. The second kappa shape index (κ2) is 10.5. The van der Waals surface area contributed by atoms with E-state index in [1.54, 1.807) is 34.5 Å². The normalized spacial score (nSPS) is 10.8. The van der Waals surface area contributed by atoms with Crippen LogP contribution in [0.3, 0.4) is 0 Å². The van der Waals surface area contributed by atoms with Gasteiger partial charge in [-0.3, -0.25) is 24.5 Å². The van der Waals surface area contributed by atoms with Gasteiger partial charge in [0.2, 0.25) is 0 Å². The van der Waals surface area contributed by atoms with Crippen molar-refractivity contribution in [2.45, 2.75) is 39.2 Å². The van der Waals surface area contributed by atoms with Crippen LogP contribution < -0.4 is 10.9 Å². The third kappa shape index (κ3) is 5.48. The van der Waals surface area contributed by atoms with Gasteiger partial charge in [0, 0.05) is 26.2 Å². The highest BCUT2D eigenvalue weighted by molar-refractivity contribution is 6.04. The first-order valence-electron chi connectivity index (χ1n) is 10.5. The number of rotatable bonds is 9. The Bertz CT molecular complexity index is 1190. The van der Waals surface area contributed by atoms with Crippen LogP contribution in [0.1, 0.15) is 42.4 Å². The molecule has 2 heterocycles. The standard InChI is InChI=1S/C23H26N4O5/c1-3-4-14-27-18-9-6-5-8-16(18)24-17(23(27)31)11-12-21(29)32-15-20(28)25-22(30)19-10-7-13-26(19)2/h5-10,13H,3-4,11-12,14-15H2,1-2H3,(H,25,28,30). The van der Waals surface area contributed by atoms with Gasteiger partial charge in [0.05, 0.1) is 17.5 Å². The molecule has 0 saturated carbocycles. The quantitative estimate of drug-likeness (QED) is 0.511. The van der Waals surface area contributed by atoms with Crippen LogP contribution in [0.2, 0.25) is 0 Å². The lowest BCUT2D eigenvalue weighted by Crippen LogP contribution is -2.35. The minimum atomic E-state index is -0.727. The van der Waals surface area contributed by atoms with Gasteiger partial charge in [-0.15, -0.1) is 0 Å². The first-order chi connectivity index (χ1) is 15.4. The van der Waals surface area contributed by atoms with Crippen LogP contribution in [-0.2, 0) is 34.3 Å². The molecule has 2 aromatic heterocycles. The van der Waals surface area contributed by atoms with Gasteiger partial charge in [0.25, 0.3) is 17.4 Å². The maximum absolute atomic E-state index is 12.9. The predicted octanol–water partition coefficient (Wildman–Crippen LogP) is 1.97. The molecule has 2 amide bonds. The summed E-state index contributed by atoms with van der Waals surface area (Å²) in [4.78, 5) is 53.3. The molecule has 9 nitrogen and oxygen atoms in total. The lowest BCUT2D eigenvalue weighted by atomic mass is 10.2. The number of benzene rings is 1. The third-order valence-electron chi connectivity index (χ3n) is 5.01. The second-order valence-corrected chi connectivity index (χ2v) is 7.40. The van der Waals surface area contributed by atoms with Gasteiger partial charge in [0.15, 0.2) is 6.61 Å². The summed E-state index contributed by atoms with van der Waals surface area (Å²) in [5, 5.41) is 2.17. The van der Waals surface area contributed by atoms with Crippen molar-refractivity contribution in [1.82, 2.24) is 19.4 Å². The van der Waals surface area contributed by atoms with Crippen molar-refractivity contribution >= 4 is 28.8 Å². The predicted molar refractivity (Wildman–Crippen MR) is 118 cm³/mol. The minimum absolute atomic E-state index is 0.0958. The van der Waals surface area contributed by atoms with Crippen LogP contribution in [0.5, 0.6) is 0 Å². The number of nitrogens with zero attached hydrogens (tertiary/aromatic N) is 3. The molecule has 3 rings (SSSR count). The van der Waals surface area contributed by atoms with Crippen LogP contribution in [0.4, 0.5) is 0 Å². The van der Waals surface area contributed by atoms with Crippen LogP contribution in [0, 0.1) is 0 Å². The zero-order valence-corrected chi connectivity index (χ0v) is 18.2. The molecule has 0 fully saturated rings. The minimum Gasteiger partial charge on any atom is -0.456 e. The number of ether oxygens (including phenoxy) is 1. The fraction of sp³-hybridized carbons (Fsp3) is 0.348. The number of hydrogen-bond acceptors (Lipinski definition) is 6. The van der Waals surface area contributed by atoms with Crippen molar-refractivity contribution in [1.29, 1.82) is 0 Å². The van der Waals surface area contributed by atoms with E-state index in [-0.39, 0.29) is 24.1 Å². The highest BCUT2D eigenvalue weighted by Crippen LogP contribution is 2.12. The Morgan fingerprint density at radius 1 is 1.12 bits per heavy atom. The van der Waals surface area contributed by atoms with Crippen LogP contribution >= 0.6 is 0 Å². The summed E-state index contributed by atoms with van der Waals surface area (Å²) in [6.07, 6.45) is 3.47. The maximum atomic E-state index is 12.9. The van der Waals surface area contributed by atoms with Crippen molar-refractivity contribution < 1.29 is 19.1 Å².